The van der Waals surface area contributed by atoms with Gasteiger partial charge in [0.05, 0.1) is 12.0 Å². The lowest BCUT2D eigenvalue weighted by atomic mass is 9.96. The van der Waals surface area contributed by atoms with E-state index in [2.05, 4.69) is 32.0 Å². The summed E-state index contributed by atoms with van der Waals surface area (Å²) in [5, 5.41) is 0.786. The first-order valence-corrected chi connectivity index (χ1v) is 5.91. The van der Waals surface area contributed by atoms with Gasteiger partial charge < -0.3 is 4.74 Å². The third-order valence-electron chi connectivity index (χ3n) is 3.91. The normalized spacial score (nSPS) is 37.6. The molecule has 0 saturated heterocycles. The van der Waals surface area contributed by atoms with Crippen molar-refractivity contribution in [1.29, 1.82) is 0 Å². The molecule has 3 rings (SSSR count). The van der Waals surface area contributed by atoms with Gasteiger partial charge in [-0.25, -0.2) is 0 Å². The van der Waals surface area contributed by atoms with Crippen molar-refractivity contribution in [3.8, 4) is 5.75 Å². The summed E-state index contributed by atoms with van der Waals surface area (Å²) in [4.78, 5) is 1.38. The molecule has 1 heterocycles. The SMILES string of the molecule is COc1cccc2c1SC1C(C)C21C. The van der Waals surface area contributed by atoms with Crippen molar-refractivity contribution < 1.29 is 4.74 Å². The van der Waals surface area contributed by atoms with E-state index in [4.69, 9.17) is 4.74 Å². The van der Waals surface area contributed by atoms with Crippen LogP contribution in [-0.4, -0.2) is 12.4 Å². The van der Waals surface area contributed by atoms with Crippen LogP contribution in [0.3, 0.4) is 0 Å². The van der Waals surface area contributed by atoms with Gasteiger partial charge in [0.25, 0.3) is 0 Å². The van der Waals surface area contributed by atoms with Gasteiger partial charge in [0.2, 0.25) is 0 Å². The van der Waals surface area contributed by atoms with Crippen molar-refractivity contribution in [2.45, 2.75) is 29.4 Å². The van der Waals surface area contributed by atoms with E-state index in [9.17, 15) is 0 Å². The number of thioether (sulfide) groups is 1. The molecular formula is C12H14OS. The lowest BCUT2D eigenvalue weighted by molar-refractivity contribution is 0.403. The van der Waals surface area contributed by atoms with Crippen LogP contribution >= 0.6 is 11.8 Å². The summed E-state index contributed by atoms with van der Waals surface area (Å²) in [7, 11) is 1.76. The van der Waals surface area contributed by atoms with Crippen LogP contribution in [0.4, 0.5) is 0 Å². The molecule has 1 nitrogen and oxygen atoms in total. The zero-order valence-corrected chi connectivity index (χ0v) is 9.52. The van der Waals surface area contributed by atoms with E-state index in [0.717, 1.165) is 16.9 Å². The molecule has 1 aliphatic heterocycles. The van der Waals surface area contributed by atoms with E-state index in [1.165, 1.54) is 10.5 Å². The predicted molar refractivity (Wildman–Crippen MR) is 59.2 cm³/mol. The van der Waals surface area contributed by atoms with Gasteiger partial charge in [0.1, 0.15) is 5.75 Å². The molecule has 1 fully saturated rings. The molecule has 14 heavy (non-hydrogen) atoms. The topological polar surface area (TPSA) is 9.23 Å². The maximum Gasteiger partial charge on any atom is 0.132 e. The standard InChI is InChI=1S/C12H14OS/c1-7-11-12(7,2)8-5-4-6-9(13-3)10(8)14-11/h4-7,11H,1-3H3. The van der Waals surface area contributed by atoms with Crippen molar-refractivity contribution in [2.75, 3.05) is 7.11 Å². The molecule has 3 atom stereocenters. The molecular weight excluding hydrogens is 192 g/mol. The van der Waals surface area contributed by atoms with Crippen LogP contribution in [0.2, 0.25) is 0 Å². The Morgan fingerprint density at radius 2 is 2.21 bits per heavy atom. The summed E-state index contributed by atoms with van der Waals surface area (Å²) in [6, 6.07) is 6.43. The van der Waals surface area contributed by atoms with Crippen LogP contribution in [0.15, 0.2) is 23.1 Å². The Morgan fingerprint density at radius 3 is 2.93 bits per heavy atom. The van der Waals surface area contributed by atoms with E-state index in [0.29, 0.717) is 5.41 Å². The Morgan fingerprint density at radius 1 is 1.43 bits per heavy atom. The monoisotopic (exact) mass is 206 g/mol. The Labute approximate surface area is 88.8 Å². The van der Waals surface area contributed by atoms with Crippen LogP contribution in [0, 0.1) is 5.92 Å². The average Bonchev–Trinajstić information content (AvgIpc) is 2.59. The van der Waals surface area contributed by atoms with Gasteiger partial charge in [-0.3, -0.25) is 0 Å². The maximum atomic E-state index is 5.39. The van der Waals surface area contributed by atoms with Crippen molar-refractivity contribution in [3.05, 3.63) is 23.8 Å². The first kappa shape index (κ1) is 8.66. The minimum absolute atomic E-state index is 0.425. The average molecular weight is 206 g/mol. The van der Waals surface area contributed by atoms with Gasteiger partial charge in [0, 0.05) is 10.7 Å². The van der Waals surface area contributed by atoms with Crippen molar-refractivity contribution >= 4 is 11.8 Å². The summed E-state index contributed by atoms with van der Waals surface area (Å²) >= 11 is 2.00. The second-order valence-electron chi connectivity index (χ2n) is 4.45. The number of ether oxygens (including phenoxy) is 1. The molecule has 3 unspecified atom stereocenters. The highest BCUT2D eigenvalue weighted by Crippen LogP contribution is 2.70. The molecule has 0 amide bonds. The molecule has 2 aliphatic rings. The fourth-order valence-electron chi connectivity index (χ4n) is 2.65. The molecule has 74 valence electrons. The lowest BCUT2D eigenvalue weighted by Gasteiger charge is -2.13. The molecule has 1 aromatic carbocycles. The minimum atomic E-state index is 0.425. The summed E-state index contributed by atoms with van der Waals surface area (Å²) in [6.45, 7) is 4.72. The molecule has 2 heteroatoms. The van der Waals surface area contributed by atoms with Crippen LogP contribution in [0.25, 0.3) is 0 Å². The van der Waals surface area contributed by atoms with Gasteiger partial charge >= 0.3 is 0 Å². The predicted octanol–water partition coefficient (Wildman–Crippen LogP) is 3.08. The lowest BCUT2D eigenvalue weighted by Crippen LogP contribution is -2.03. The second kappa shape index (κ2) is 2.48. The Hall–Kier alpha value is -0.630. The van der Waals surface area contributed by atoms with Crippen LogP contribution < -0.4 is 4.74 Å². The Balaban J connectivity index is 2.16. The number of hydrogen-bond donors (Lipinski definition) is 0. The number of fused-ring (bicyclic) bond motifs is 3. The molecule has 1 saturated carbocycles. The highest BCUT2D eigenvalue weighted by atomic mass is 32.2. The molecule has 0 aromatic heterocycles. The first-order valence-electron chi connectivity index (χ1n) is 5.03. The van der Waals surface area contributed by atoms with Gasteiger partial charge in [-0.1, -0.05) is 26.0 Å². The largest absolute Gasteiger partial charge is 0.496 e. The molecule has 0 N–H and O–H groups in total. The van der Waals surface area contributed by atoms with E-state index < -0.39 is 0 Å². The summed E-state index contributed by atoms with van der Waals surface area (Å²) < 4.78 is 5.39. The Bertz CT molecular complexity index is 401. The molecule has 0 radical (unpaired) electrons. The van der Waals surface area contributed by atoms with E-state index in [-0.39, 0.29) is 0 Å². The quantitative estimate of drug-likeness (QED) is 0.698. The van der Waals surface area contributed by atoms with Gasteiger partial charge in [-0.15, -0.1) is 11.8 Å². The molecule has 0 spiro atoms. The van der Waals surface area contributed by atoms with E-state index >= 15 is 0 Å². The summed E-state index contributed by atoms with van der Waals surface area (Å²) in [5.74, 6) is 1.88. The third kappa shape index (κ3) is 0.789. The molecule has 0 bridgehead atoms. The highest BCUT2D eigenvalue weighted by molar-refractivity contribution is 8.00. The highest BCUT2D eigenvalue weighted by Gasteiger charge is 2.64. The summed E-state index contributed by atoms with van der Waals surface area (Å²) in [6.07, 6.45) is 0. The zero-order valence-electron chi connectivity index (χ0n) is 8.70. The molecule has 1 aliphatic carbocycles. The number of hydrogen-bond acceptors (Lipinski definition) is 2. The van der Waals surface area contributed by atoms with Gasteiger partial charge in [-0.2, -0.15) is 0 Å². The van der Waals surface area contributed by atoms with Crippen molar-refractivity contribution in [3.63, 3.8) is 0 Å². The van der Waals surface area contributed by atoms with Crippen molar-refractivity contribution in [2.24, 2.45) is 5.92 Å². The number of benzene rings is 1. The summed E-state index contributed by atoms with van der Waals surface area (Å²) in [5.41, 5.74) is 1.92. The van der Waals surface area contributed by atoms with Crippen LogP contribution in [0.5, 0.6) is 5.75 Å². The Kier molecular flexibility index (Phi) is 1.54. The van der Waals surface area contributed by atoms with E-state index in [1.54, 1.807) is 7.11 Å². The molecule has 1 aromatic rings. The zero-order chi connectivity index (χ0) is 9.92. The van der Waals surface area contributed by atoms with E-state index in [1.807, 2.05) is 11.8 Å². The second-order valence-corrected chi connectivity index (χ2v) is 5.60. The fourth-order valence-corrected chi connectivity index (χ4v) is 4.58. The van der Waals surface area contributed by atoms with Crippen molar-refractivity contribution in [1.82, 2.24) is 0 Å². The smallest absolute Gasteiger partial charge is 0.132 e. The number of methoxy groups -OCH3 is 1. The fraction of sp³-hybridized carbons (Fsp3) is 0.500. The third-order valence-corrected chi connectivity index (χ3v) is 5.71. The first-order chi connectivity index (χ1) is 6.69. The van der Waals surface area contributed by atoms with Gasteiger partial charge in [-0.05, 0) is 17.5 Å². The maximum absolute atomic E-state index is 5.39. The minimum Gasteiger partial charge on any atom is -0.496 e. The van der Waals surface area contributed by atoms with Gasteiger partial charge in [0.15, 0.2) is 0 Å². The number of rotatable bonds is 1. The van der Waals surface area contributed by atoms with Crippen LogP contribution in [-0.2, 0) is 5.41 Å². The van der Waals surface area contributed by atoms with Crippen LogP contribution in [0.1, 0.15) is 19.4 Å².